The first kappa shape index (κ1) is 16.2. The van der Waals surface area contributed by atoms with Crippen molar-refractivity contribution in [2.24, 2.45) is 11.5 Å². The topological polar surface area (TPSA) is 83.4 Å². The van der Waals surface area contributed by atoms with E-state index >= 15 is 0 Å². The van der Waals surface area contributed by atoms with E-state index in [1.807, 2.05) is 57.9 Å². The molecular formula is C15H24BN3O2. The van der Waals surface area contributed by atoms with Crippen LogP contribution in [0.3, 0.4) is 0 Å². The number of rotatable bonds is 4. The number of aromatic nitrogens is 1. The summed E-state index contributed by atoms with van der Waals surface area (Å²) in [6, 6.07) is 5.47. The lowest BCUT2D eigenvalue weighted by atomic mass is 9.89. The Hall–Kier alpha value is -1.21. The van der Waals surface area contributed by atoms with Gasteiger partial charge in [-0.05, 0) is 45.9 Å². The normalized spacial score (nSPS) is 21.9. The number of nitrogens with zero attached hydrogens (tertiary/aromatic N) is 1. The zero-order chi connectivity index (χ0) is 15.7. The Morgan fingerprint density at radius 3 is 2.43 bits per heavy atom. The van der Waals surface area contributed by atoms with E-state index in [4.69, 9.17) is 20.8 Å². The van der Waals surface area contributed by atoms with Gasteiger partial charge < -0.3 is 20.8 Å². The molecular weight excluding hydrogens is 265 g/mol. The Bertz CT molecular complexity index is 515. The first-order valence-electron chi connectivity index (χ1n) is 7.21. The van der Waals surface area contributed by atoms with Crippen LogP contribution in [0.25, 0.3) is 6.08 Å². The Morgan fingerprint density at radius 2 is 1.86 bits per heavy atom. The molecule has 4 N–H and O–H groups in total. The van der Waals surface area contributed by atoms with Crippen molar-refractivity contribution in [3.05, 3.63) is 35.6 Å². The zero-order valence-electron chi connectivity index (χ0n) is 13.2. The van der Waals surface area contributed by atoms with Crippen molar-refractivity contribution in [2.75, 3.05) is 6.54 Å². The lowest BCUT2D eigenvalue weighted by Crippen LogP contribution is -2.41. The minimum atomic E-state index is -0.372. The van der Waals surface area contributed by atoms with Crippen molar-refractivity contribution in [3.63, 3.8) is 0 Å². The van der Waals surface area contributed by atoms with Gasteiger partial charge in [0.05, 0.1) is 28.6 Å². The third-order valence-corrected chi connectivity index (χ3v) is 4.12. The molecule has 2 heterocycles. The van der Waals surface area contributed by atoms with E-state index in [-0.39, 0.29) is 24.4 Å². The minimum absolute atomic E-state index is 0.241. The largest absolute Gasteiger partial charge is 0.487 e. The van der Waals surface area contributed by atoms with Crippen LogP contribution in [0, 0.1) is 0 Å². The predicted molar refractivity (Wildman–Crippen MR) is 85.3 cm³/mol. The van der Waals surface area contributed by atoms with Gasteiger partial charge in [0.15, 0.2) is 0 Å². The molecule has 2 rings (SSSR count). The van der Waals surface area contributed by atoms with Gasteiger partial charge in [-0.25, -0.2) is 0 Å². The lowest BCUT2D eigenvalue weighted by Gasteiger charge is -2.32. The predicted octanol–water partition coefficient (Wildman–Crippen LogP) is 1.68. The highest BCUT2D eigenvalue weighted by molar-refractivity contribution is 6.52. The fraction of sp³-hybridized carbons (Fsp3) is 0.533. The summed E-state index contributed by atoms with van der Waals surface area (Å²) in [6.45, 7) is 8.48. The molecule has 1 fully saturated rings. The van der Waals surface area contributed by atoms with Crippen LogP contribution >= 0.6 is 0 Å². The highest BCUT2D eigenvalue weighted by Gasteiger charge is 2.49. The average Bonchev–Trinajstić information content (AvgIpc) is 2.64. The molecule has 1 aliphatic rings. The van der Waals surface area contributed by atoms with Gasteiger partial charge in [-0.3, -0.25) is 4.98 Å². The molecule has 1 aromatic rings. The molecule has 1 saturated heterocycles. The standard InChI is InChI=1S/C15H24BN3O2/c1-14(2)15(3,4)21-16(20-14)9-8-11-6-5-7-13(19-11)12(18)10-17/h5-9,12H,10,17-18H2,1-4H3/b9-8+. The summed E-state index contributed by atoms with van der Waals surface area (Å²) in [5.41, 5.74) is 12.4. The maximum atomic E-state index is 5.90. The van der Waals surface area contributed by atoms with Crippen molar-refractivity contribution < 1.29 is 9.31 Å². The van der Waals surface area contributed by atoms with Crippen LogP contribution in [0.1, 0.15) is 45.1 Å². The van der Waals surface area contributed by atoms with E-state index in [9.17, 15) is 0 Å². The Morgan fingerprint density at radius 1 is 1.24 bits per heavy atom. The van der Waals surface area contributed by atoms with Crippen LogP contribution in [-0.2, 0) is 9.31 Å². The third-order valence-electron chi connectivity index (χ3n) is 4.12. The molecule has 5 nitrogen and oxygen atoms in total. The molecule has 21 heavy (non-hydrogen) atoms. The summed E-state index contributed by atoms with van der Waals surface area (Å²) in [4.78, 5) is 4.47. The maximum Gasteiger partial charge on any atom is 0.487 e. The van der Waals surface area contributed by atoms with E-state index < -0.39 is 0 Å². The fourth-order valence-electron chi connectivity index (χ4n) is 2.03. The second-order valence-electron chi connectivity index (χ2n) is 6.31. The summed E-state index contributed by atoms with van der Waals surface area (Å²) in [5, 5.41) is 0. The van der Waals surface area contributed by atoms with Gasteiger partial charge in [-0.1, -0.05) is 12.0 Å². The van der Waals surface area contributed by atoms with Gasteiger partial charge in [0, 0.05) is 6.54 Å². The highest BCUT2D eigenvalue weighted by Crippen LogP contribution is 2.36. The van der Waals surface area contributed by atoms with Crippen molar-refractivity contribution in [1.29, 1.82) is 0 Å². The average molecular weight is 289 g/mol. The second-order valence-corrected chi connectivity index (χ2v) is 6.31. The highest BCUT2D eigenvalue weighted by atomic mass is 16.7. The lowest BCUT2D eigenvalue weighted by molar-refractivity contribution is 0.00578. The van der Waals surface area contributed by atoms with Crippen LogP contribution in [0.2, 0.25) is 0 Å². The molecule has 114 valence electrons. The first-order valence-corrected chi connectivity index (χ1v) is 7.21. The monoisotopic (exact) mass is 289 g/mol. The Labute approximate surface area is 126 Å². The molecule has 1 aliphatic heterocycles. The van der Waals surface area contributed by atoms with Gasteiger partial charge in [0.25, 0.3) is 0 Å². The third kappa shape index (κ3) is 3.52. The van der Waals surface area contributed by atoms with E-state index in [0.29, 0.717) is 6.54 Å². The van der Waals surface area contributed by atoms with E-state index in [1.165, 1.54) is 0 Å². The summed E-state index contributed by atoms with van der Waals surface area (Å²) in [5.74, 6) is 1.87. The molecule has 0 saturated carbocycles. The second kappa shape index (κ2) is 5.89. The van der Waals surface area contributed by atoms with Gasteiger partial charge in [-0.15, -0.1) is 0 Å². The van der Waals surface area contributed by atoms with Gasteiger partial charge in [0.1, 0.15) is 0 Å². The summed E-state index contributed by atoms with van der Waals surface area (Å²) in [6.07, 6.45) is 1.88. The van der Waals surface area contributed by atoms with Crippen LogP contribution in [0.4, 0.5) is 0 Å². The minimum Gasteiger partial charge on any atom is -0.400 e. The van der Waals surface area contributed by atoms with Crippen LogP contribution < -0.4 is 11.5 Å². The molecule has 0 bridgehead atoms. The Balaban J connectivity index is 2.09. The molecule has 1 aromatic heterocycles. The Kier molecular flexibility index (Phi) is 4.53. The van der Waals surface area contributed by atoms with Crippen molar-refractivity contribution >= 4 is 13.2 Å². The molecule has 0 amide bonds. The summed E-state index contributed by atoms with van der Waals surface area (Å²) >= 11 is 0. The molecule has 1 atom stereocenters. The molecule has 1 unspecified atom stereocenters. The van der Waals surface area contributed by atoms with Gasteiger partial charge in [-0.2, -0.15) is 0 Å². The van der Waals surface area contributed by atoms with Crippen molar-refractivity contribution in [2.45, 2.75) is 44.9 Å². The first-order chi connectivity index (χ1) is 9.75. The maximum absolute atomic E-state index is 5.90. The molecule has 6 heteroatoms. The number of hydrogen-bond donors (Lipinski definition) is 2. The summed E-state index contributed by atoms with van der Waals surface area (Å²) in [7, 11) is -0.372. The molecule has 0 spiro atoms. The van der Waals surface area contributed by atoms with Gasteiger partial charge in [0.2, 0.25) is 0 Å². The molecule has 0 aliphatic carbocycles. The van der Waals surface area contributed by atoms with E-state index in [0.717, 1.165) is 11.4 Å². The van der Waals surface area contributed by atoms with Gasteiger partial charge >= 0.3 is 7.12 Å². The molecule has 0 aromatic carbocycles. The van der Waals surface area contributed by atoms with Crippen LogP contribution in [-0.4, -0.2) is 29.8 Å². The van der Waals surface area contributed by atoms with Crippen molar-refractivity contribution in [3.8, 4) is 0 Å². The smallest absolute Gasteiger partial charge is 0.400 e. The van der Waals surface area contributed by atoms with Crippen molar-refractivity contribution in [1.82, 2.24) is 4.98 Å². The van der Waals surface area contributed by atoms with E-state index in [2.05, 4.69) is 4.98 Å². The number of hydrogen-bond acceptors (Lipinski definition) is 5. The molecule has 0 radical (unpaired) electrons. The SMILES string of the molecule is CC1(C)OB(/C=C/c2cccc(C(N)CN)n2)OC1(C)C. The quantitative estimate of drug-likeness (QED) is 0.824. The summed E-state index contributed by atoms with van der Waals surface area (Å²) < 4.78 is 11.8. The number of pyridine rings is 1. The fourth-order valence-corrected chi connectivity index (χ4v) is 2.03. The van der Waals surface area contributed by atoms with Crippen LogP contribution in [0.15, 0.2) is 24.2 Å². The van der Waals surface area contributed by atoms with Crippen LogP contribution in [0.5, 0.6) is 0 Å². The van der Waals surface area contributed by atoms with E-state index in [1.54, 1.807) is 0 Å². The number of nitrogens with two attached hydrogens (primary N) is 2. The zero-order valence-corrected chi connectivity index (χ0v) is 13.2.